The number of amides is 1. The second-order valence-electron chi connectivity index (χ2n) is 5.95. The summed E-state index contributed by atoms with van der Waals surface area (Å²) in [6.07, 6.45) is -0.434. The van der Waals surface area contributed by atoms with Gasteiger partial charge in [-0.3, -0.25) is 10.1 Å². The number of hydrogen-bond acceptors (Lipinski definition) is 3. The molecule has 0 aromatic heterocycles. The minimum absolute atomic E-state index is 0. The molecule has 0 aliphatic carbocycles. The Hall–Kier alpha value is -1.40. The van der Waals surface area contributed by atoms with E-state index in [2.05, 4.69) is 5.32 Å². The molecule has 1 aliphatic heterocycles. The third kappa shape index (κ3) is 4.54. The van der Waals surface area contributed by atoms with Gasteiger partial charge in [-0.2, -0.15) is 0 Å². The van der Waals surface area contributed by atoms with Gasteiger partial charge in [0.1, 0.15) is 5.75 Å². The van der Waals surface area contributed by atoms with Gasteiger partial charge in [-0.25, -0.2) is 8.78 Å². The lowest BCUT2D eigenvalue weighted by atomic mass is 10.0. The fourth-order valence-electron chi connectivity index (χ4n) is 2.96. The van der Waals surface area contributed by atoms with Gasteiger partial charge in [-0.1, -0.05) is 12.1 Å². The first kappa shape index (κ1) is 19.6. The van der Waals surface area contributed by atoms with Gasteiger partial charge in [-0.15, -0.1) is 12.4 Å². The van der Waals surface area contributed by atoms with Crippen molar-refractivity contribution in [2.75, 3.05) is 20.7 Å². The summed E-state index contributed by atoms with van der Waals surface area (Å²) in [4.78, 5) is 13.7. The van der Waals surface area contributed by atoms with Crippen molar-refractivity contribution in [1.29, 1.82) is 0 Å². The van der Waals surface area contributed by atoms with Crippen molar-refractivity contribution >= 4 is 18.3 Å². The minimum Gasteiger partial charge on any atom is -0.496 e. The Labute approximate surface area is 141 Å². The van der Waals surface area contributed by atoms with Crippen molar-refractivity contribution in [2.45, 2.75) is 38.8 Å². The van der Waals surface area contributed by atoms with E-state index < -0.39 is 24.9 Å². The minimum atomic E-state index is -2.80. The zero-order valence-corrected chi connectivity index (χ0v) is 14.6. The number of likely N-dealkylation sites (N-methyl/N-ethyl adjacent to an activating group) is 1. The van der Waals surface area contributed by atoms with Gasteiger partial charge < -0.3 is 9.64 Å². The molecule has 0 bridgehead atoms. The lowest BCUT2D eigenvalue weighted by Gasteiger charge is -2.22. The summed E-state index contributed by atoms with van der Waals surface area (Å²) in [5, 5.41) is 2.59. The first-order valence-electron chi connectivity index (χ1n) is 7.24. The number of carbonyl (C=O) groups is 1. The lowest BCUT2D eigenvalue weighted by molar-refractivity contribution is -0.132. The summed E-state index contributed by atoms with van der Waals surface area (Å²) in [6.45, 7) is 3.83. The largest absolute Gasteiger partial charge is 0.496 e. The van der Waals surface area contributed by atoms with E-state index in [-0.39, 0.29) is 18.3 Å². The molecule has 1 amide bonds. The molecule has 1 unspecified atom stereocenters. The molecule has 1 atom stereocenters. The molecule has 0 spiro atoms. The number of methoxy groups -OCH3 is 1. The highest BCUT2D eigenvalue weighted by Gasteiger charge is 2.43. The topological polar surface area (TPSA) is 41.6 Å². The number of hydrogen-bond donors (Lipinski definition) is 1. The van der Waals surface area contributed by atoms with E-state index in [1.807, 2.05) is 26.0 Å². The molecule has 1 N–H and O–H groups in total. The van der Waals surface area contributed by atoms with Crippen molar-refractivity contribution in [2.24, 2.45) is 0 Å². The van der Waals surface area contributed by atoms with Crippen molar-refractivity contribution in [3.63, 3.8) is 0 Å². The highest BCUT2D eigenvalue weighted by molar-refractivity contribution is 5.85. The first-order chi connectivity index (χ1) is 10.2. The van der Waals surface area contributed by atoms with Gasteiger partial charge >= 0.3 is 0 Å². The number of aryl methyl sites for hydroxylation is 2. The van der Waals surface area contributed by atoms with Crippen LogP contribution < -0.4 is 10.1 Å². The monoisotopic (exact) mass is 348 g/mol. The molecule has 0 saturated carbocycles. The number of carbonyl (C=O) groups excluding carboxylic acids is 1. The van der Waals surface area contributed by atoms with Gasteiger partial charge in [0, 0.05) is 20.0 Å². The summed E-state index contributed by atoms with van der Waals surface area (Å²) in [5.41, 5.74) is 2.93. The van der Waals surface area contributed by atoms with Crippen LogP contribution in [0.1, 0.15) is 23.1 Å². The molecule has 23 heavy (non-hydrogen) atoms. The zero-order valence-electron chi connectivity index (χ0n) is 13.8. The highest BCUT2D eigenvalue weighted by atomic mass is 35.5. The number of nitrogens with one attached hydrogen (secondary N) is 1. The van der Waals surface area contributed by atoms with Crippen molar-refractivity contribution < 1.29 is 18.3 Å². The second-order valence-corrected chi connectivity index (χ2v) is 5.95. The van der Waals surface area contributed by atoms with Gasteiger partial charge in [0.2, 0.25) is 5.91 Å². The van der Waals surface area contributed by atoms with Crippen LogP contribution in [0.5, 0.6) is 5.75 Å². The smallest absolute Gasteiger partial charge is 0.262 e. The predicted octanol–water partition coefficient (Wildman–Crippen LogP) is 2.69. The standard InChI is InChI=1S/C16H22F2N2O2.ClH/c1-10-5-12(6-11(2)14(10)22-4)8-20(3)15(21)13-7-16(17,18)9-19-13;/h5-6,13,19H,7-9H2,1-4H3;1H. The molecule has 130 valence electrons. The lowest BCUT2D eigenvalue weighted by Crippen LogP contribution is -2.41. The fraction of sp³-hybridized carbons (Fsp3) is 0.562. The van der Waals surface area contributed by atoms with Crippen LogP contribution in [0.15, 0.2) is 12.1 Å². The van der Waals surface area contributed by atoms with Gasteiger partial charge in [0.05, 0.1) is 19.7 Å². The van der Waals surface area contributed by atoms with Crippen molar-refractivity contribution in [3.8, 4) is 5.75 Å². The van der Waals surface area contributed by atoms with Crippen LogP contribution in [0, 0.1) is 13.8 Å². The Balaban J connectivity index is 0.00000264. The quantitative estimate of drug-likeness (QED) is 0.909. The molecule has 1 fully saturated rings. The van der Waals surface area contributed by atoms with Gasteiger partial charge in [0.25, 0.3) is 5.92 Å². The first-order valence-corrected chi connectivity index (χ1v) is 7.24. The number of halogens is 3. The summed E-state index contributed by atoms with van der Waals surface area (Å²) < 4.78 is 31.7. The van der Waals surface area contributed by atoms with Crippen LogP contribution in [-0.2, 0) is 11.3 Å². The molecule has 4 nitrogen and oxygen atoms in total. The maximum absolute atomic E-state index is 13.2. The Bertz CT molecular complexity index is 558. The van der Waals surface area contributed by atoms with Crippen LogP contribution in [0.4, 0.5) is 8.78 Å². The van der Waals surface area contributed by atoms with Crippen LogP contribution >= 0.6 is 12.4 Å². The number of rotatable bonds is 4. The number of ether oxygens (including phenoxy) is 1. The van der Waals surface area contributed by atoms with E-state index in [1.54, 1.807) is 14.2 Å². The van der Waals surface area contributed by atoms with E-state index in [1.165, 1.54) is 4.90 Å². The molecule has 0 radical (unpaired) electrons. The molecule has 1 aromatic rings. The van der Waals surface area contributed by atoms with Crippen molar-refractivity contribution in [1.82, 2.24) is 10.2 Å². The molecular formula is C16H23ClF2N2O2. The maximum atomic E-state index is 13.2. The molecule has 2 rings (SSSR count). The predicted molar refractivity (Wildman–Crippen MR) is 87.5 cm³/mol. The third-order valence-corrected chi connectivity index (χ3v) is 3.93. The maximum Gasteiger partial charge on any atom is 0.262 e. The van der Waals surface area contributed by atoms with Gasteiger partial charge in [0.15, 0.2) is 0 Å². The second kappa shape index (κ2) is 7.45. The van der Waals surface area contributed by atoms with E-state index >= 15 is 0 Å². The number of nitrogens with zero attached hydrogens (tertiary/aromatic N) is 1. The normalized spacial score (nSPS) is 19.1. The van der Waals surface area contributed by atoms with E-state index in [4.69, 9.17) is 4.74 Å². The van der Waals surface area contributed by atoms with Crippen LogP contribution in [0.25, 0.3) is 0 Å². The molecule has 1 saturated heterocycles. The van der Waals surface area contributed by atoms with Gasteiger partial charge in [-0.05, 0) is 30.5 Å². The highest BCUT2D eigenvalue weighted by Crippen LogP contribution is 2.27. The summed E-state index contributed by atoms with van der Waals surface area (Å²) in [6, 6.07) is 3.10. The third-order valence-electron chi connectivity index (χ3n) is 3.93. The fourth-order valence-corrected chi connectivity index (χ4v) is 2.96. The molecular weight excluding hydrogens is 326 g/mol. The summed E-state index contributed by atoms with van der Waals surface area (Å²) >= 11 is 0. The van der Waals surface area contributed by atoms with E-state index in [9.17, 15) is 13.6 Å². The Morgan fingerprint density at radius 1 is 1.39 bits per heavy atom. The average molecular weight is 349 g/mol. The molecule has 1 aliphatic rings. The molecule has 1 aromatic carbocycles. The van der Waals surface area contributed by atoms with E-state index in [0.717, 1.165) is 22.4 Å². The van der Waals surface area contributed by atoms with Crippen LogP contribution in [-0.4, -0.2) is 43.5 Å². The zero-order chi connectivity index (χ0) is 16.5. The SMILES string of the molecule is COc1c(C)cc(CN(C)C(=O)C2CC(F)(F)CN2)cc1C.Cl. The Morgan fingerprint density at radius 3 is 2.39 bits per heavy atom. The summed E-state index contributed by atoms with van der Waals surface area (Å²) in [5.74, 6) is -2.27. The molecule has 7 heteroatoms. The Morgan fingerprint density at radius 2 is 1.96 bits per heavy atom. The average Bonchev–Trinajstić information content (AvgIpc) is 2.77. The van der Waals surface area contributed by atoms with Crippen molar-refractivity contribution in [3.05, 3.63) is 28.8 Å². The number of benzene rings is 1. The van der Waals surface area contributed by atoms with Crippen LogP contribution in [0.2, 0.25) is 0 Å². The van der Waals surface area contributed by atoms with E-state index in [0.29, 0.717) is 6.54 Å². The number of alkyl halides is 2. The Kier molecular flexibility index (Phi) is 6.36. The summed E-state index contributed by atoms with van der Waals surface area (Å²) in [7, 11) is 3.26. The molecule has 1 heterocycles. The van der Waals surface area contributed by atoms with Crippen LogP contribution in [0.3, 0.4) is 0 Å².